The van der Waals surface area contributed by atoms with E-state index in [2.05, 4.69) is 0 Å². The van der Waals surface area contributed by atoms with E-state index in [1.54, 1.807) is 33.7 Å². The van der Waals surface area contributed by atoms with Gasteiger partial charge >= 0.3 is 6.09 Å². The second-order valence-corrected chi connectivity index (χ2v) is 6.57. The Bertz CT molecular complexity index is 726. The molecule has 0 bridgehead atoms. The van der Waals surface area contributed by atoms with Gasteiger partial charge < -0.3 is 14.5 Å². The third-order valence-corrected chi connectivity index (χ3v) is 4.85. The number of rotatable bonds is 3. The lowest BCUT2D eigenvalue weighted by molar-refractivity contribution is 0.0633. The summed E-state index contributed by atoms with van der Waals surface area (Å²) in [6.07, 6.45) is 1.63. The normalized spacial score (nSPS) is 14.3. The van der Waals surface area contributed by atoms with Gasteiger partial charge in [0.15, 0.2) is 0 Å². The van der Waals surface area contributed by atoms with Gasteiger partial charge in [-0.05, 0) is 42.7 Å². The first-order valence-corrected chi connectivity index (χ1v) is 9.35. The molecule has 2 amide bonds. The Morgan fingerprint density at radius 1 is 0.880 bits per heavy atom. The Labute approximate surface area is 151 Å². The Morgan fingerprint density at radius 3 is 2.08 bits per heavy atom. The molecule has 0 saturated carbocycles. The zero-order valence-corrected chi connectivity index (χ0v) is 14.9. The average Bonchev–Trinajstić information content (AvgIpc) is 2.68. The van der Waals surface area contributed by atoms with Crippen molar-refractivity contribution in [1.29, 1.82) is 0 Å². The number of carbonyl (C=O) groups is 2. The van der Waals surface area contributed by atoms with Crippen LogP contribution in [0.15, 0.2) is 59.5 Å². The van der Waals surface area contributed by atoms with Crippen molar-refractivity contribution in [3.05, 3.63) is 60.2 Å². The summed E-state index contributed by atoms with van der Waals surface area (Å²) in [6.45, 7) is 1.96. The summed E-state index contributed by atoms with van der Waals surface area (Å²) in [6, 6.07) is 16.6. The lowest BCUT2D eigenvalue weighted by Crippen LogP contribution is -2.51. The molecule has 1 aliphatic heterocycles. The number of para-hydroxylation sites is 1. The van der Waals surface area contributed by atoms with Crippen LogP contribution in [0.25, 0.3) is 0 Å². The number of nitrogens with zero attached hydrogens (tertiary/aromatic N) is 2. The number of ether oxygens (including phenoxy) is 1. The van der Waals surface area contributed by atoms with Crippen LogP contribution >= 0.6 is 11.8 Å². The zero-order chi connectivity index (χ0) is 17.6. The molecule has 2 aromatic carbocycles. The first-order valence-electron chi connectivity index (χ1n) is 8.12. The maximum absolute atomic E-state index is 12.6. The van der Waals surface area contributed by atoms with Gasteiger partial charge in [-0.3, -0.25) is 4.79 Å². The highest BCUT2D eigenvalue weighted by molar-refractivity contribution is 7.98. The van der Waals surface area contributed by atoms with Crippen molar-refractivity contribution in [1.82, 2.24) is 9.80 Å². The maximum Gasteiger partial charge on any atom is 0.415 e. The molecular formula is C19H20N2O3S. The van der Waals surface area contributed by atoms with E-state index in [-0.39, 0.29) is 12.0 Å². The maximum atomic E-state index is 12.6. The number of benzene rings is 2. The summed E-state index contributed by atoms with van der Waals surface area (Å²) in [5.41, 5.74) is 0.679. The van der Waals surface area contributed by atoms with Gasteiger partial charge in [-0.1, -0.05) is 18.2 Å². The fraction of sp³-hybridized carbons (Fsp3) is 0.263. The third-order valence-electron chi connectivity index (χ3n) is 4.11. The molecule has 0 radical (unpaired) electrons. The number of hydrogen-bond acceptors (Lipinski definition) is 4. The van der Waals surface area contributed by atoms with E-state index in [1.165, 1.54) is 0 Å². The fourth-order valence-corrected chi connectivity index (χ4v) is 3.07. The van der Waals surface area contributed by atoms with Crippen molar-refractivity contribution in [3.63, 3.8) is 0 Å². The van der Waals surface area contributed by atoms with Crippen LogP contribution in [-0.2, 0) is 0 Å². The molecule has 0 unspecified atom stereocenters. The van der Waals surface area contributed by atoms with Crippen molar-refractivity contribution in [3.8, 4) is 5.75 Å². The van der Waals surface area contributed by atoms with Crippen LogP contribution in [0.4, 0.5) is 4.79 Å². The smallest absolute Gasteiger partial charge is 0.410 e. The van der Waals surface area contributed by atoms with Crippen LogP contribution in [-0.4, -0.2) is 54.2 Å². The lowest BCUT2D eigenvalue weighted by atomic mass is 10.2. The molecule has 5 nitrogen and oxygen atoms in total. The van der Waals surface area contributed by atoms with Crippen LogP contribution in [0, 0.1) is 0 Å². The molecule has 0 atom stereocenters. The molecule has 6 heteroatoms. The van der Waals surface area contributed by atoms with Crippen LogP contribution in [0.3, 0.4) is 0 Å². The number of carbonyl (C=O) groups excluding carboxylic acids is 2. The standard InChI is InChI=1S/C19H20N2O3S/c1-25-17-9-7-15(8-10-17)18(22)20-11-13-21(14-12-20)19(23)24-16-5-3-2-4-6-16/h2-10H,11-14H2,1H3. The van der Waals surface area contributed by atoms with E-state index in [0.29, 0.717) is 37.5 Å². The van der Waals surface area contributed by atoms with Crippen molar-refractivity contribution in [2.24, 2.45) is 0 Å². The Kier molecular flexibility index (Phi) is 5.60. The lowest BCUT2D eigenvalue weighted by Gasteiger charge is -2.34. The molecule has 1 heterocycles. The van der Waals surface area contributed by atoms with E-state index in [0.717, 1.165) is 4.90 Å². The fourth-order valence-electron chi connectivity index (χ4n) is 2.66. The Balaban J connectivity index is 1.54. The van der Waals surface area contributed by atoms with E-state index in [1.807, 2.05) is 48.7 Å². The molecule has 130 valence electrons. The minimum absolute atomic E-state index is 0.00345. The van der Waals surface area contributed by atoms with Gasteiger partial charge in [0.2, 0.25) is 0 Å². The molecule has 25 heavy (non-hydrogen) atoms. The van der Waals surface area contributed by atoms with Gasteiger partial charge in [0.25, 0.3) is 5.91 Å². The molecule has 3 rings (SSSR count). The molecular weight excluding hydrogens is 336 g/mol. The highest BCUT2D eigenvalue weighted by atomic mass is 32.2. The Morgan fingerprint density at radius 2 is 1.48 bits per heavy atom. The zero-order valence-electron chi connectivity index (χ0n) is 14.1. The highest BCUT2D eigenvalue weighted by Crippen LogP contribution is 2.17. The molecule has 1 saturated heterocycles. The number of hydrogen-bond donors (Lipinski definition) is 0. The summed E-state index contributed by atoms with van der Waals surface area (Å²) in [5, 5.41) is 0. The van der Waals surface area contributed by atoms with Crippen LogP contribution in [0.1, 0.15) is 10.4 Å². The SMILES string of the molecule is CSc1ccc(C(=O)N2CCN(C(=O)Oc3ccccc3)CC2)cc1. The summed E-state index contributed by atoms with van der Waals surface area (Å²) < 4.78 is 5.34. The molecule has 0 spiro atoms. The van der Waals surface area contributed by atoms with Gasteiger partial charge in [0, 0.05) is 36.6 Å². The van der Waals surface area contributed by atoms with Crippen molar-refractivity contribution in [2.45, 2.75) is 4.90 Å². The third kappa shape index (κ3) is 4.33. The second kappa shape index (κ2) is 8.07. The highest BCUT2D eigenvalue weighted by Gasteiger charge is 2.25. The van der Waals surface area contributed by atoms with E-state index >= 15 is 0 Å². The van der Waals surface area contributed by atoms with Gasteiger partial charge in [0.1, 0.15) is 5.75 Å². The largest absolute Gasteiger partial charge is 0.415 e. The monoisotopic (exact) mass is 356 g/mol. The van der Waals surface area contributed by atoms with Crippen LogP contribution < -0.4 is 4.74 Å². The van der Waals surface area contributed by atoms with Gasteiger partial charge in [-0.25, -0.2) is 4.79 Å². The summed E-state index contributed by atoms with van der Waals surface area (Å²) in [4.78, 5) is 29.3. The van der Waals surface area contributed by atoms with E-state index in [9.17, 15) is 9.59 Å². The molecule has 1 aliphatic rings. The second-order valence-electron chi connectivity index (χ2n) is 5.69. The van der Waals surface area contributed by atoms with E-state index in [4.69, 9.17) is 4.74 Å². The van der Waals surface area contributed by atoms with Crippen molar-refractivity contribution < 1.29 is 14.3 Å². The molecule has 2 aromatic rings. The Hall–Kier alpha value is -2.47. The number of thioether (sulfide) groups is 1. The minimum Gasteiger partial charge on any atom is -0.410 e. The topological polar surface area (TPSA) is 49.9 Å². The predicted octanol–water partition coefficient (Wildman–Crippen LogP) is 3.37. The predicted molar refractivity (Wildman–Crippen MR) is 98.2 cm³/mol. The number of amides is 2. The number of piperazine rings is 1. The quantitative estimate of drug-likeness (QED) is 0.791. The van der Waals surface area contributed by atoms with Crippen molar-refractivity contribution in [2.75, 3.05) is 32.4 Å². The first kappa shape index (κ1) is 17.4. The summed E-state index contributed by atoms with van der Waals surface area (Å²) in [5.74, 6) is 0.531. The van der Waals surface area contributed by atoms with Crippen molar-refractivity contribution >= 4 is 23.8 Å². The average molecular weight is 356 g/mol. The van der Waals surface area contributed by atoms with Crippen LogP contribution in [0.2, 0.25) is 0 Å². The first-order chi connectivity index (χ1) is 12.2. The molecule has 1 fully saturated rings. The van der Waals surface area contributed by atoms with Gasteiger partial charge in [0.05, 0.1) is 0 Å². The van der Waals surface area contributed by atoms with E-state index < -0.39 is 0 Å². The minimum atomic E-state index is -0.373. The summed E-state index contributed by atoms with van der Waals surface area (Å²) in [7, 11) is 0. The molecule has 0 aromatic heterocycles. The molecule has 0 N–H and O–H groups in total. The molecule has 0 aliphatic carbocycles. The summed E-state index contributed by atoms with van der Waals surface area (Å²) >= 11 is 1.65. The van der Waals surface area contributed by atoms with Crippen LogP contribution in [0.5, 0.6) is 5.75 Å². The van der Waals surface area contributed by atoms with Gasteiger partial charge in [-0.15, -0.1) is 11.8 Å². The van der Waals surface area contributed by atoms with Gasteiger partial charge in [-0.2, -0.15) is 0 Å².